The molecule has 0 bridgehead atoms. The van der Waals surface area contributed by atoms with Crippen LogP contribution in [0.5, 0.6) is 5.75 Å². The van der Waals surface area contributed by atoms with Crippen molar-refractivity contribution in [1.29, 1.82) is 0 Å². The van der Waals surface area contributed by atoms with E-state index in [1.165, 1.54) is 5.56 Å². The molecule has 0 aliphatic heterocycles. The van der Waals surface area contributed by atoms with Crippen LogP contribution in [-0.2, 0) is 6.42 Å². The van der Waals surface area contributed by atoms with E-state index < -0.39 is 0 Å². The predicted molar refractivity (Wildman–Crippen MR) is 78.3 cm³/mol. The molecule has 0 unspecified atom stereocenters. The SMILES string of the molecule is COc1ccc(CCSc2ccccc2N)cc1. The molecule has 94 valence electrons. The molecule has 0 saturated heterocycles. The molecule has 0 saturated carbocycles. The van der Waals surface area contributed by atoms with Crippen molar-refractivity contribution in [3.63, 3.8) is 0 Å². The number of hydrogen-bond donors (Lipinski definition) is 1. The average Bonchev–Trinajstić information content (AvgIpc) is 2.42. The number of methoxy groups -OCH3 is 1. The zero-order chi connectivity index (χ0) is 12.8. The summed E-state index contributed by atoms with van der Waals surface area (Å²) in [6, 6.07) is 16.2. The lowest BCUT2D eigenvalue weighted by molar-refractivity contribution is 0.414. The summed E-state index contributed by atoms with van der Waals surface area (Å²) in [6.45, 7) is 0. The van der Waals surface area contributed by atoms with Gasteiger partial charge in [-0.1, -0.05) is 24.3 Å². The molecule has 0 atom stereocenters. The summed E-state index contributed by atoms with van der Waals surface area (Å²) in [5.41, 5.74) is 8.08. The van der Waals surface area contributed by atoms with Gasteiger partial charge in [-0.25, -0.2) is 0 Å². The number of rotatable bonds is 5. The van der Waals surface area contributed by atoms with Gasteiger partial charge in [-0.05, 0) is 36.2 Å². The van der Waals surface area contributed by atoms with E-state index in [0.717, 1.165) is 28.5 Å². The Labute approximate surface area is 112 Å². The maximum atomic E-state index is 5.90. The minimum atomic E-state index is 0.859. The van der Waals surface area contributed by atoms with Gasteiger partial charge in [0, 0.05) is 16.3 Å². The summed E-state index contributed by atoms with van der Waals surface area (Å²) >= 11 is 1.80. The van der Waals surface area contributed by atoms with Crippen LogP contribution < -0.4 is 10.5 Å². The van der Waals surface area contributed by atoms with Crippen molar-refractivity contribution in [1.82, 2.24) is 0 Å². The highest BCUT2D eigenvalue weighted by molar-refractivity contribution is 7.99. The van der Waals surface area contributed by atoms with Gasteiger partial charge in [0.15, 0.2) is 0 Å². The van der Waals surface area contributed by atoms with Crippen LogP contribution in [0.2, 0.25) is 0 Å². The first-order valence-electron chi connectivity index (χ1n) is 5.90. The number of hydrogen-bond acceptors (Lipinski definition) is 3. The molecule has 0 fully saturated rings. The van der Waals surface area contributed by atoms with Gasteiger partial charge in [-0.3, -0.25) is 0 Å². The lowest BCUT2D eigenvalue weighted by atomic mass is 10.2. The Bertz CT molecular complexity index is 496. The van der Waals surface area contributed by atoms with Crippen molar-refractivity contribution in [3.05, 3.63) is 54.1 Å². The van der Waals surface area contributed by atoms with E-state index in [1.54, 1.807) is 18.9 Å². The Kier molecular flexibility index (Phi) is 4.53. The molecule has 18 heavy (non-hydrogen) atoms. The van der Waals surface area contributed by atoms with Gasteiger partial charge in [0.2, 0.25) is 0 Å². The Morgan fingerprint density at radius 3 is 2.44 bits per heavy atom. The van der Waals surface area contributed by atoms with E-state index in [-0.39, 0.29) is 0 Å². The number of thioether (sulfide) groups is 1. The molecule has 2 aromatic rings. The van der Waals surface area contributed by atoms with Gasteiger partial charge in [0.05, 0.1) is 7.11 Å². The molecular formula is C15H17NOS. The van der Waals surface area contributed by atoms with Crippen molar-refractivity contribution in [2.75, 3.05) is 18.6 Å². The Hall–Kier alpha value is -1.61. The van der Waals surface area contributed by atoms with Gasteiger partial charge in [0.25, 0.3) is 0 Å². The zero-order valence-corrected chi connectivity index (χ0v) is 11.2. The molecule has 2 aromatic carbocycles. The van der Waals surface area contributed by atoms with Crippen LogP contribution in [0, 0.1) is 0 Å². The second-order valence-electron chi connectivity index (χ2n) is 3.98. The van der Waals surface area contributed by atoms with Crippen molar-refractivity contribution < 1.29 is 4.74 Å². The molecule has 0 radical (unpaired) electrons. The summed E-state index contributed by atoms with van der Waals surface area (Å²) in [6.07, 6.45) is 1.03. The van der Waals surface area contributed by atoms with Crippen LogP contribution in [-0.4, -0.2) is 12.9 Å². The third-order valence-electron chi connectivity index (χ3n) is 2.73. The van der Waals surface area contributed by atoms with E-state index in [2.05, 4.69) is 18.2 Å². The van der Waals surface area contributed by atoms with Gasteiger partial charge in [0.1, 0.15) is 5.75 Å². The normalized spacial score (nSPS) is 10.3. The molecule has 2 rings (SSSR count). The van der Waals surface area contributed by atoms with Crippen LogP contribution in [0.1, 0.15) is 5.56 Å². The zero-order valence-electron chi connectivity index (χ0n) is 10.4. The van der Waals surface area contributed by atoms with Crippen molar-refractivity contribution in [3.8, 4) is 5.75 Å². The van der Waals surface area contributed by atoms with Gasteiger partial charge in [-0.2, -0.15) is 0 Å². The number of nitrogen functional groups attached to an aromatic ring is 1. The fraction of sp³-hybridized carbons (Fsp3) is 0.200. The monoisotopic (exact) mass is 259 g/mol. The highest BCUT2D eigenvalue weighted by Gasteiger charge is 1.99. The first-order chi connectivity index (χ1) is 8.79. The maximum absolute atomic E-state index is 5.90. The molecule has 3 heteroatoms. The predicted octanol–water partition coefficient (Wildman–Crippen LogP) is 3.61. The molecule has 0 aliphatic rings. The summed E-state index contributed by atoms with van der Waals surface area (Å²) in [7, 11) is 1.68. The highest BCUT2D eigenvalue weighted by atomic mass is 32.2. The Morgan fingerprint density at radius 1 is 1.06 bits per heavy atom. The summed E-state index contributed by atoms with van der Waals surface area (Å²) in [5.74, 6) is 1.93. The lowest BCUT2D eigenvalue weighted by Gasteiger charge is -2.05. The van der Waals surface area contributed by atoms with E-state index in [9.17, 15) is 0 Å². The van der Waals surface area contributed by atoms with Crippen LogP contribution in [0.3, 0.4) is 0 Å². The molecule has 0 aliphatic carbocycles. The Balaban J connectivity index is 1.86. The lowest BCUT2D eigenvalue weighted by Crippen LogP contribution is -1.92. The smallest absolute Gasteiger partial charge is 0.118 e. The fourth-order valence-corrected chi connectivity index (χ4v) is 2.65. The largest absolute Gasteiger partial charge is 0.497 e. The molecule has 0 amide bonds. The van der Waals surface area contributed by atoms with Crippen LogP contribution in [0.4, 0.5) is 5.69 Å². The van der Waals surface area contributed by atoms with Crippen LogP contribution in [0.25, 0.3) is 0 Å². The minimum Gasteiger partial charge on any atom is -0.497 e. The fourth-order valence-electron chi connectivity index (χ4n) is 1.68. The standard InChI is InChI=1S/C15H17NOS/c1-17-13-8-6-12(7-9-13)10-11-18-15-5-3-2-4-14(15)16/h2-9H,10-11,16H2,1H3. The van der Waals surface area contributed by atoms with E-state index in [0.29, 0.717) is 0 Å². The minimum absolute atomic E-state index is 0.859. The van der Waals surface area contributed by atoms with E-state index >= 15 is 0 Å². The molecule has 2 nitrogen and oxygen atoms in total. The molecule has 0 heterocycles. The summed E-state index contributed by atoms with van der Waals surface area (Å²) in [5, 5.41) is 0. The summed E-state index contributed by atoms with van der Waals surface area (Å²) < 4.78 is 5.14. The third kappa shape index (κ3) is 3.44. The first-order valence-corrected chi connectivity index (χ1v) is 6.88. The second kappa shape index (κ2) is 6.36. The van der Waals surface area contributed by atoms with Crippen LogP contribution >= 0.6 is 11.8 Å². The highest BCUT2D eigenvalue weighted by Crippen LogP contribution is 2.25. The third-order valence-corrected chi connectivity index (χ3v) is 3.82. The topological polar surface area (TPSA) is 35.2 Å². The van der Waals surface area contributed by atoms with Gasteiger partial charge < -0.3 is 10.5 Å². The van der Waals surface area contributed by atoms with E-state index in [1.807, 2.05) is 30.3 Å². The molecule has 0 spiro atoms. The van der Waals surface area contributed by atoms with Gasteiger partial charge in [-0.15, -0.1) is 11.8 Å². The number of nitrogens with two attached hydrogens (primary N) is 1. The number of anilines is 1. The number of ether oxygens (including phenoxy) is 1. The van der Waals surface area contributed by atoms with Crippen molar-refractivity contribution in [2.45, 2.75) is 11.3 Å². The summed E-state index contributed by atoms with van der Waals surface area (Å²) in [4.78, 5) is 1.16. The van der Waals surface area contributed by atoms with Crippen LogP contribution in [0.15, 0.2) is 53.4 Å². The molecule has 0 aromatic heterocycles. The Morgan fingerprint density at radius 2 is 1.78 bits per heavy atom. The number of para-hydroxylation sites is 1. The number of aryl methyl sites for hydroxylation is 1. The molecular weight excluding hydrogens is 242 g/mol. The van der Waals surface area contributed by atoms with E-state index in [4.69, 9.17) is 10.5 Å². The second-order valence-corrected chi connectivity index (χ2v) is 5.12. The maximum Gasteiger partial charge on any atom is 0.118 e. The first kappa shape index (κ1) is 12.8. The molecule has 2 N–H and O–H groups in total. The van der Waals surface area contributed by atoms with Crippen molar-refractivity contribution >= 4 is 17.4 Å². The quantitative estimate of drug-likeness (QED) is 0.658. The number of benzene rings is 2. The van der Waals surface area contributed by atoms with Gasteiger partial charge >= 0.3 is 0 Å². The van der Waals surface area contributed by atoms with Crippen molar-refractivity contribution in [2.24, 2.45) is 0 Å². The average molecular weight is 259 g/mol.